The second kappa shape index (κ2) is 5.54. The number of halogens is 2. The molecule has 1 rings (SSSR count). The Morgan fingerprint density at radius 1 is 1.31 bits per heavy atom. The fourth-order valence-electron chi connectivity index (χ4n) is 1.55. The lowest BCUT2D eigenvalue weighted by atomic mass is 9.98. The first kappa shape index (κ1) is 14.0. The van der Waals surface area contributed by atoms with E-state index in [0.29, 0.717) is 0 Å². The number of hydrogen-bond donors (Lipinski definition) is 0. The minimum Gasteiger partial charge on any atom is -0.369 e. The Morgan fingerprint density at radius 3 is 2.44 bits per heavy atom. The molecule has 0 heterocycles. The zero-order valence-electron chi connectivity index (χ0n) is 10.3. The fourth-order valence-corrected chi connectivity index (χ4v) is 2.41. The highest BCUT2D eigenvalue weighted by Gasteiger charge is 2.22. The summed E-state index contributed by atoms with van der Waals surface area (Å²) in [6, 6.07) is 6.45. The molecule has 1 aromatic rings. The van der Waals surface area contributed by atoms with Crippen molar-refractivity contribution in [3.63, 3.8) is 0 Å². The Balaban J connectivity index is 3.13. The van der Waals surface area contributed by atoms with Gasteiger partial charge in [-0.1, -0.05) is 38.8 Å². The van der Waals surface area contributed by atoms with Gasteiger partial charge >= 0.3 is 0 Å². The molecule has 0 aromatic heterocycles. The molecule has 90 valence electrons. The van der Waals surface area contributed by atoms with Crippen molar-refractivity contribution in [3.8, 4) is 0 Å². The molecule has 16 heavy (non-hydrogen) atoms. The molecule has 0 spiro atoms. The van der Waals surface area contributed by atoms with E-state index in [0.717, 1.165) is 16.2 Å². The van der Waals surface area contributed by atoms with Crippen LogP contribution in [0.25, 0.3) is 0 Å². The van der Waals surface area contributed by atoms with Crippen molar-refractivity contribution in [3.05, 3.63) is 28.2 Å². The van der Waals surface area contributed by atoms with Crippen molar-refractivity contribution in [2.75, 3.05) is 11.9 Å². The molecule has 0 saturated heterocycles. The highest BCUT2D eigenvalue weighted by Crippen LogP contribution is 2.31. The van der Waals surface area contributed by atoms with Gasteiger partial charge in [0.05, 0.1) is 0 Å². The first-order valence-corrected chi connectivity index (χ1v) is 7.42. The van der Waals surface area contributed by atoms with E-state index in [2.05, 4.69) is 82.8 Å². The summed E-state index contributed by atoms with van der Waals surface area (Å²) in [5, 5.41) is 0.881. The third-order valence-electron chi connectivity index (χ3n) is 3.32. The van der Waals surface area contributed by atoms with E-state index in [1.54, 1.807) is 0 Å². The number of anilines is 1. The minimum absolute atomic E-state index is 0.185. The van der Waals surface area contributed by atoms with Crippen LogP contribution in [-0.4, -0.2) is 12.6 Å². The Bertz CT molecular complexity index is 361. The van der Waals surface area contributed by atoms with Gasteiger partial charge in [-0.25, -0.2) is 0 Å². The lowest BCUT2D eigenvalue weighted by molar-refractivity contribution is 0.470. The quantitative estimate of drug-likeness (QED) is 0.694. The predicted molar refractivity (Wildman–Crippen MR) is 79.5 cm³/mol. The van der Waals surface area contributed by atoms with Crippen LogP contribution >= 0.6 is 31.9 Å². The van der Waals surface area contributed by atoms with Crippen LogP contribution in [0.3, 0.4) is 0 Å². The van der Waals surface area contributed by atoms with E-state index in [1.807, 2.05) is 0 Å². The lowest BCUT2D eigenvalue weighted by Crippen LogP contribution is -2.41. The summed E-state index contributed by atoms with van der Waals surface area (Å²) >= 11 is 7.07. The van der Waals surface area contributed by atoms with Gasteiger partial charge in [0, 0.05) is 28.1 Å². The van der Waals surface area contributed by atoms with E-state index in [1.165, 1.54) is 11.3 Å². The van der Waals surface area contributed by atoms with Gasteiger partial charge in [0.1, 0.15) is 0 Å². The maximum Gasteiger partial charge on any atom is 0.0409 e. The van der Waals surface area contributed by atoms with E-state index in [9.17, 15) is 0 Å². The predicted octanol–water partition coefficient (Wildman–Crippen LogP) is 4.97. The lowest BCUT2D eigenvalue weighted by Gasteiger charge is -2.38. The van der Waals surface area contributed by atoms with Crippen LogP contribution in [0.4, 0.5) is 5.69 Å². The van der Waals surface area contributed by atoms with Crippen LogP contribution in [0.5, 0.6) is 0 Å². The van der Waals surface area contributed by atoms with E-state index < -0.39 is 0 Å². The van der Waals surface area contributed by atoms with Gasteiger partial charge in [0.25, 0.3) is 0 Å². The molecule has 0 amide bonds. The first-order chi connectivity index (χ1) is 7.42. The van der Waals surface area contributed by atoms with Gasteiger partial charge in [0.15, 0.2) is 0 Å². The molecular formula is C13H19Br2N. The molecule has 0 atom stereocenters. The second-order valence-electron chi connectivity index (χ2n) is 4.63. The van der Waals surface area contributed by atoms with Crippen LogP contribution in [0.1, 0.15) is 32.8 Å². The minimum atomic E-state index is 0.185. The number of rotatable bonds is 4. The maximum atomic E-state index is 3.55. The molecule has 0 radical (unpaired) electrons. The molecular weight excluding hydrogens is 330 g/mol. The van der Waals surface area contributed by atoms with Crippen LogP contribution in [-0.2, 0) is 5.33 Å². The van der Waals surface area contributed by atoms with Gasteiger partial charge in [-0.15, -0.1) is 0 Å². The van der Waals surface area contributed by atoms with Crippen LogP contribution in [0.15, 0.2) is 22.7 Å². The first-order valence-electron chi connectivity index (χ1n) is 5.50. The third kappa shape index (κ3) is 3.01. The summed E-state index contributed by atoms with van der Waals surface area (Å²) in [6.07, 6.45) is 1.13. The van der Waals surface area contributed by atoms with Crippen molar-refractivity contribution >= 4 is 37.5 Å². The zero-order chi connectivity index (χ0) is 12.3. The Morgan fingerprint density at radius 2 is 1.94 bits per heavy atom. The molecule has 0 N–H and O–H groups in total. The Hall–Kier alpha value is -0.0200. The number of nitrogens with zero attached hydrogens (tertiary/aromatic N) is 1. The van der Waals surface area contributed by atoms with Crippen LogP contribution < -0.4 is 4.90 Å². The standard InChI is InChI=1S/C13H19Br2N/c1-5-13(2,3)16(4)12-7-6-11(15)8-10(12)9-14/h6-8H,5,9H2,1-4H3. The summed E-state index contributed by atoms with van der Waals surface area (Å²) in [7, 11) is 2.17. The Kier molecular flexibility index (Phi) is 4.87. The molecule has 0 saturated carbocycles. The summed E-state index contributed by atoms with van der Waals surface area (Å²) in [5.41, 5.74) is 2.80. The second-order valence-corrected chi connectivity index (χ2v) is 6.11. The molecule has 1 aromatic carbocycles. The molecule has 0 aliphatic rings. The largest absolute Gasteiger partial charge is 0.369 e. The van der Waals surface area contributed by atoms with Crippen molar-refractivity contribution in [1.82, 2.24) is 0 Å². The van der Waals surface area contributed by atoms with Crippen LogP contribution in [0.2, 0.25) is 0 Å². The molecule has 1 nitrogen and oxygen atoms in total. The highest BCUT2D eigenvalue weighted by molar-refractivity contribution is 9.10. The SMILES string of the molecule is CCC(C)(C)N(C)c1ccc(Br)cc1CBr. The number of hydrogen-bond acceptors (Lipinski definition) is 1. The topological polar surface area (TPSA) is 3.24 Å². The maximum absolute atomic E-state index is 3.55. The van der Waals surface area contributed by atoms with Gasteiger partial charge in [-0.2, -0.15) is 0 Å². The van der Waals surface area contributed by atoms with E-state index in [-0.39, 0.29) is 5.54 Å². The van der Waals surface area contributed by atoms with Crippen molar-refractivity contribution in [1.29, 1.82) is 0 Å². The molecule has 0 bridgehead atoms. The van der Waals surface area contributed by atoms with Crippen molar-refractivity contribution < 1.29 is 0 Å². The van der Waals surface area contributed by atoms with Crippen molar-refractivity contribution in [2.24, 2.45) is 0 Å². The van der Waals surface area contributed by atoms with E-state index in [4.69, 9.17) is 0 Å². The van der Waals surface area contributed by atoms with Gasteiger partial charge < -0.3 is 4.90 Å². The molecule has 0 aliphatic carbocycles. The average Bonchev–Trinajstić information content (AvgIpc) is 2.27. The van der Waals surface area contributed by atoms with Gasteiger partial charge in [-0.05, 0) is 44.0 Å². The van der Waals surface area contributed by atoms with Gasteiger partial charge in [0.2, 0.25) is 0 Å². The monoisotopic (exact) mass is 347 g/mol. The van der Waals surface area contributed by atoms with Gasteiger partial charge in [-0.3, -0.25) is 0 Å². The summed E-state index contributed by atoms with van der Waals surface area (Å²) in [5.74, 6) is 0. The van der Waals surface area contributed by atoms with E-state index >= 15 is 0 Å². The fraction of sp³-hybridized carbons (Fsp3) is 0.538. The zero-order valence-corrected chi connectivity index (χ0v) is 13.5. The Labute approximate surface area is 115 Å². The third-order valence-corrected chi connectivity index (χ3v) is 4.42. The average molecular weight is 349 g/mol. The molecule has 3 heteroatoms. The summed E-state index contributed by atoms with van der Waals surface area (Å²) in [6.45, 7) is 6.77. The summed E-state index contributed by atoms with van der Waals surface area (Å²) < 4.78 is 1.13. The smallest absolute Gasteiger partial charge is 0.0409 e. The number of benzene rings is 1. The number of alkyl halides is 1. The van der Waals surface area contributed by atoms with Crippen molar-refractivity contribution in [2.45, 2.75) is 38.1 Å². The normalized spacial score (nSPS) is 11.6. The van der Waals surface area contributed by atoms with Crippen LogP contribution in [0, 0.1) is 0 Å². The highest BCUT2D eigenvalue weighted by atomic mass is 79.9. The molecule has 0 fully saturated rings. The summed E-state index contributed by atoms with van der Waals surface area (Å²) in [4.78, 5) is 2.36. The molecule has 0 unspecified atom stereocenters. The molecule has 0 aliphatic heterocycles.